The second-order valence-corrected chi connectivity index (χ2v) is 26.2. The summed E-state index contributed by atoms with van der Waals surface area (Å²) in [6.07, 6.45) is 18.2. The number of hydrogen-bond donors (Lipinski definition) is 1. The van der Waals surface area contributed by atoms with Crippen molar-refractivity contribution in [2.45, 2.75) is 120 Å². The Hall–Kier alpha value is -8.75. The minimum Gasteiger partial charge on any atom is -0.466 e. The summed E-state index contributed by atoms with van der Waals surface area (Å²) in [5.41, 5.74) is 9.56. The van der Waals surface area contributed by atoms with Crippen LogP contribution in [0.5, 0.6) is 0 Å². The van der Waals surface area contributed by atoms with Gasteiger partial charge in [-0.2, -0.15) is 4.98 Å². The molecule has 7 aliphatic rings. The van der Waals surface area contributed by atoms with Gasteiger partial charge in [-0.05, 0) is 220 Å². The number of aromatic amines is 1. The van der Waals surface area contributed by atoms with Gasteiger partial charge in [0, 0.05) is 29.2 Å². The number of carbonyl (C=O) groups excluding carboxylic acids is 1. The van der Waals surface area contributed by atoms with Gasteiger partial charge >= 0.3 is 11.7 Å². The molecule has 0 bridgehead atoms. The highest BCUT2D eigenvalue weighted by Gasteiger charge is 2.93. The van der Waals surface area contributed by atoms with Gasteiger partial charge in [-0.3, -0.25) is 14.6 Å². The smallest absolute Gasteiger partial charge is 0.349 e. The van der Waals surface area contributed by atoms with Crippen LogP contribution in [0.15, 0.2) is 113 Å². The zero-order chi connectivity index (χ0) is 54.5. The highest BCUT2D eigenvalue weighted by molar-refractivity contribution is 6.64. The minimum atomic E-state index is -0.639. The number of allylic oxidation sites excluding steroid dienone is 2. The van der Waals surface area contributed by atoms with E-state index in [1.807, 2.05) is 17.6 Å². The second kappa shape index (κ2) is 14.5. The normalized spacial score (nSPS) is 20.4. The third-order valence-electron chi connectivity index (χ3n) is 23.0. The molecule has 8 nitrogen and oxygen atoms in total. The Morgan fingerprint density at radius 3 is 1.57 bits per heavy atom. The highest BCUT2D eigenvalue weighted by atomic mass is 16.5. The van der Waals surface area contributed by atoms with E-state index in [-0.39, 0.29) is 27.9 Å². The van der Waals surface area contributed by atoms with Crippen molar-refractivity contribution in [1.82, 2.24) is 19.5 Å². The molecule has 1 fully saturated rings. The zero-order valence-electron chi connectivity index (χ0n) is 46.4. The number of benzene rings is 10. The molecule has 0 radical (unpaired) electrons. The SMILES string of the molecule is Cc1cc2nc3c(=O)[nH]c(=O)nc-3n(CCCCCCCCCCCCOC(=O)CCCC3(c4ccccc4)C45C6=c7ccc8c9ccc%10c%11ccc%12c%13ccc%14c%15c(c%16c%17c4c7c8c4c9c%10c7c%11c%12c(c%15%13)c%16c7c%174)C35C=%14C=C6)c2cc1C. The van der Waals surface area contributed by atoms with Crippen LogP contribution in [0.4, 0.5) is 0 Å². The summed E-state index contributed by atoms with van der Waals surface area (Å²) in [6.45, 7) is 5.26. The zero-order valence-corrected chi connectivity index (χ0v) is 46.4. The van der Waals surface area contributed by atoms with Crippen LogP contribution in [0.3, 0.4) is 0 Å². The lowest BCUT2D eigenvalue weighted by Crippen LogP contribution is -2.29. The van der Waals surface area contributed by atoms with E-state index in [4.69, 9.17) is 4.74 Å². The van der Waals surface area contributed by atoms with Crippen molar-refractivity contribution >= 4 is 147 Å². The second-order valence-electron chi connectivity index (χ2n) is 26.2. The molecule has 8 heteroatoms. The predicted octanol–water partition coefficient (Wildman–Crippen LogP) is 15.0. The molecule has 5 aliphatic carbocycles. The van der Waals surface area contributed by atoms with Crippen LogP contribution < -0.4 is 21.7 Å². The van der Waals surface area contributed by atoms with Crippen molar-refractivity contribution < 1.29 is 9.53 Å². The number of unbranched alkanes of at least 4 members (excludes halogenated alkanes) is 9. The molecule has 0 aromatic heterocycles. The van der Waals surface area contributed by atoms with Gasteiger partial charge in [0.1, 0.15) is 0 Å². The van der Waals surface area contributed by atoms with E-state index in [2.05, 4.69) is 119 Å². The maximum atomic E-state index is 14.1. The van der Waals surface area contributed by atoms with E-state index >= 15 is 0 Å². The van der Waals surface area contributed by atoms with Gasteiger partial charge in [0.15, 0.2) is 11.5 Å². The summed E-state index contributed by atoms with van der Waals surface area (Å²) in [6, 6.07) is 35.6. The number of ether oxygens (including phenoxy) is 1. The molecule has 14 aromatic rings. The number of aromatic nitrogens is 4. The fraction of sp³-hybridized carbons (Fsp3) is 0.267. The van der Waals surface area contributed by atoms with E-state index in [0.717, 1.165) is 73.5 Å². The molecule has 2 unspecified atom stereocenters. The number of aryl methyl sites for hydroxylation is 3. The molecule has 21 rings (SSSR count). The Morgan fingerprint density at radius 2 is 1.00 bits per heavy atom. The number of fused-ring (bicyclic) bond motifs is 5. The highest BCUT2D eigenvalue weighted by Crippen LogP contribution is 2.92. The molecular weight excluding hydrogens is 1020 g/mol. The lowest BCUT2D eigenvalue weighted by atomic mass is 9.68. The van der Waals surface area contributed by atoms with Crippen molar-refractivity contribution in [2.24, 2.45) is 0 Å². The quantitative estimate of drug-likeness (QED) is 0.0397. The summed E-state index contributed by atoms with van der Waals surface area (Å²) in [5, 5.41) is 35.5. The maximum absolute atomic E-state index is 14.1. The topological polar surface area (TPSA) is 107 Å². The molecule has 398 valence electrons. The first-order valence-electron chi connectivity index (χ1n) is 30.8. The van der Waals surface area contributed by atoms with Crippen molar-refractivity contribution in [1.29, 1.82) is 0 Å². The van der Waals surface area contributed by atoms with Gasteiger partial charge in [0.05, 0.1) is 17.6 Å². The Balaban J connectivity index is 0.553. The average Bonchev–Trinajstić information content (AvgIpc) is 1.38. The Labute approximate surface area is 473 Å². The van der Waals surface area contributed by atoms with Crippen LogP contribution in [-0.2, 0) is 32.3 Å². The van der Waals surface area contributed by atoms with Crippen molar-refractivity contribution in [2.75, 3.05) is 6.61 Å². The van der Waals surface area contributed by atoms with Crippen molar-refractivity contribution in [3.8, 4) is 11.5 Å². The summed E-state index contributed by atoms with van der Waals surface area (Å²) in [7, 11) is 0. The Bertz CT molecular complexity index is 5630. The third kappa shape index (κ3) is 4.54. The van der Waals surface area contributed by atoms with Crippen LogP contribution in [0.1, 0.15) is 111 Å². The molecule has 0 saturated heterocycles. The molecular formula is C75H54N4O4. The van der Waals surface area contributed by atoms with Crippen molar-refractivity contribution in [3.05, 3.63) is 162 Å². The molecule has 1 saturated carbocycles. The molecule has 2 spiro atoms. The maximum Gasteiger partial charge on any atom is 0.349 e. The van der Waals surface area contributed by atoms with Gasteiger partial charge in [-0.25, -0.2) is 9.78 Å². The number of hydrogen-bond acceptors (Lipinski definition) is 6. The molecule has 14 aromatic carbocycles. The van der Waals surface area contributed by atoms with E-state index < -0.39 is 11.2 Å². The van der Waals surface area contributed by atoms with Gasteiger partial charge in [-0.1, -0.05) is 142 Å². The summed E-state index contributed by atoms with van der Waals surface area (Å²) < 4.78 is 8.14. The fourth-order valence-electron chi connectivity index (χ4n) is 20.3. The van der Waals surface area contributed by atoms with Crippen LogP contribution in [0.25, 0.3) is 152 Å². The lowest BCUT2D eigenvalue weighted by Gasteiger charge is -2.32. The van der Waals surface area contributed by atoms with Gasteiger partial charge in [-0.15, -0.1) is 0 Å². The fourth-order valence-corrected chi connectivity index (χ4v) is 20.3. The van der Waals surface area contributed by atoms with Gasteiger partial charge in [0.2, 0.25) is 0 Å². The minimum absolute atomic E-state index is 0.0683. The molecule has 1 N–H and O–H groups in total. The molecule has 2 aliphatic heterocycles. The predicted molar refractivity (Wildman–Crippen MR) is 337 cm³/mol. The molecule has 2 atom stereocenters. The summed E-state index contributed by atoms with van der Waals surface area (Å²) >= 11 is 0. The molecule has 2 heterocycles. The summed E-state index contributed by atoms with van der Waals surface area (Å²) in [5.74, 6) is 0.288. The number of nitrogens with one attached hydrogen (secondary N) is 1. The van der Waals surface area contributed by atoms with Gasteiger partial charge in [0.25, 0.3) is 5.56 Å². The molecule has 0 amide bonds. The first-order chi connectivity index (χ1) is 40.8. The lowest BCUT2D eigenvalue weighted by molar-refractivity contribution is -0.143. The van der Waals surface area contributed by atoms with E-state index in [1.165, 1.54) is 161 Å². The number of nitrogens with zero attached hydrogens (tertiary/aromatic N) is 3. The summed E-state index contributed by atoms with van der Waals surface area (Å²) in [4.78, 5) is 50.1. The van der Waals surface area contributed by atoms with E-state index in [0.29, 0.717) is 25.4 Å². The van der Waals surface area contributed by atoms with Crippen LogP contribution >= 0.6 is 0 Å². The third-order valence-corrected chi connectivity index (χ3v) is 23.0. The van der Waals surface area contributed by atoms with Crippen LogP contribution in [-0.4, -0.2) is 32.1 Å². The van der Waals surface area contributed by atoms with Crippen LogP contribution in [0, 0.1) is 13.8 Å². The standard InChI is InChI=1S/C75H54N4O4/c1-35-33-48-49(34-36(35)2)79(70-69(76-48)71(81)78-72(82)77-70)31-14-9-7-5-3-4-6-8-10-15-32-83-50(80)19-16-30-73(37-17-12-11-13-18-37)74-46-28-29-47-45-27-25-43-41-23-21-39-38-20-22-40-42-24-26-44(46)57-55(42)60-53(40)51(38)59-52(39)54(41)61-56(43)58(45)68(75(47,73)74)66-64(61)62(59)63(60)65(66)67(57)74/h11-13,17-18,20-29,33-34H,3-10,14-16,19,30-32H2,1-2H3,(H,78,81,82). The Kier molecular flexibility index (Phi) is 7.85. The number of carbonyl (C=O) groups is 1. The van der Waals surface area contributed by atoms with E-state index in [1.54, 1.807) is 21.9 Å². The monoisotopic (exact) mass is 1070 g/mol. The average molecular weight is 1080 g/mol. The Morgan fingerprint density at radius 1 is 0.518 bits per heavy atom. The van der Waals surface area contributed by atoms with Gasteiger partial charge < -0.3 is 9.30 Å². The van der Waals surface area contributed by atoms with Crippen molar-refractivity contribution in [3.63, 3.8) is 0 Å². The number of rotatable bonds is 18. The van der Waals surface area contributed by atoms with E-state index in [9.17, 15) is 14.4 Å². The molecule has 83 heavy (non-hydrogen) atoms. The first kappa shape index (κ1) is 44.8. The first-order valence-corrected chi connectivity index (χ1v) is 30.8. The number of esters is 1. The van der Waals surface area contributed by atoms with Crippen LogP contribution in [0.2, 0.25) is 0 Å². The largest absolute Gasteiger partial charge is 0.466 e. The number of H-pyrrole nitrogens is 1.